The molecule has 1 saturated heterocycles. The van der Waals surface area contributed by atoms with Gasteiger partial charge in [0.1, 0.15) is 0 Å². The van der Waals surface area contributed by atoms with Crippen molar-refractivity contribution in [3.63, 3.8) is 0 Å². The van der Waals surface area contributed by atoms with Gasteiger partial charge in [-0.1, -0.05) is 84.9 Å². The minimum absolute atomic E-state index is 0.229. The van der Waals surface area contributed by atoms with E-state index in [0.717, 1.165) is 38.3 Å². The Kier molecular flexibility index (Phi) is 5.83. The summed E-state index contributed by atoms with van der Waals surface area (Å²) >= 11 is 0. The lowest BCUT2D eigenvalue weighted by Gasteiger charge is -2.34. The van der Waals surface area contributed by atoms with Gasteiger partial charge in [0.25, 0.3) is 0 Å². The van der Waals surface area contributed by atoms with Gasteiger partial charge in [0.15, 0.2) is 0 Å². The van der Waals surface area contributed by atoms with Crippen molar-refractivity contribution in [1.82, 2.24) is 9.80 Å². The zero-order valence-corrected chi connectivity index (χ0v) is 16.1. The fraction of sp³-hybridized carbons (Fsp3) is 0.240. The van der Waals surface area contributed by atoms with Crippen LogP contribution in [-0.4, -0.2) is 41.9 Å². The van der Waals surface area contributed by atoms with Crippen molar-refractivity contribution in [3.05, 3.63) is 96.1 Å². The van der Waals surface area contributed by atoms with Crippen molar-refractivity contribution in [3.8, 4) is 11.1 Å². The Hall–Kier alpha value is -2.91. The van der Waals surface area contributed by atoms with Crippen LogP contribution in [0.25, 0.3) is 11.1 Å². The Morgan fingerprint density at radius 2 is 1.21 bits per heavy atom. The van der Waals surface area contributed by atoms with Crippen molar-refractivity contribution in [2.45, 2.75) is 13.0 Å². The van der Waals surface area contributed by atoms with Crippen LogP contribution >= 0.6 is 0 Å². The van der Waals surface area contributed by atoms with Crippen molar-refractivity contribution in [2.24, 2.45) is 0 Å². The molecule has 1 fully saturated rings. The maximum atomic E-state index is 12.7. The van der Waals surface area contributed by atoms with Gasteiger partial charge in [-0.3, -0.25) is 9.69 Å². The summed E-state index contributed by atoms with van der Waals surface area (Å²) in [5, 5.41) is 0. The van der Waals surface area contributed by atoms with Gasteiger partial charge in [0.05, 0.1) is 6.42 Å². The van der Waals surface area contributed by atoms with Gasteiger partial charge >= 0.3 is 0 Å². The molecule has 4 rings (SSSR count). The van der Waals surface area contributed by atoms with E-state index in [-0.39, 0.29) is 5.91 Å². The maximum absolute atomic E-state index is 12.7. The van der Waals surface area contributed by atoms with Gasteiger partial charge in [-0.2, -0.15) is 0 Å². The summed E-state index contributed by atoms with van der Waals surface area (Å²) in [6.45, 7) is 4.46. The van der Waals surface area contributed by atoms with E-state index in [4.69, 9.17) is 0 Å². The molecule has 0 spiro atoms. The molecule has 0 aliphatic carbocycles. The predicted octanol–water partition coefficient (Wildman–Crippen LogP) is 4.24. The summed E-state index contributed by atoms with van der Waals surface area (Å²) < 4.78 is 0. The summed E-state index contributed by atoms with van der Waals surface area (Å²) in [5.74, 6) is 0.229. The molecule has 0 N–H and O–H groups in total. The number of piperazine rings is 1. The highest BCUT2D eigenvalue weighted by molar-refractivity contribution is 5.79. The van der Waals surface area contributed by atoms with Crippen LogP contribution in [-0.2, 0) is 17.8 Å². The lowest BCUT2D eigenvalue weighted by atomic mass is 10.0. The lowest BCUT2D eigenvalue weighted by molar-refractivity contribution is -0.132. The van der Waals surface area contributed by atoms with Crippen molar-refractivity contribution >= 4 is 5.91 Å². The largest absolute Gasteiger partial charge is 0.340 e. The average Bonchev–Trinajstić information content (AvgIpc) is 2.76. The highest BCUT2D eigenvalue weighted by Gasteiger charge is 2.21. The number of carbonyl (C=O) groups excluding carboxylic acids is 1. The minimum Gasteiger partial charge on any atom is -0.340 e. The molecule has 0 aromatic heterocycles. The van der Waals surface area contributed by atoms with Crippen LogP contribution in [0.3, 0.4) is 0 Å². The molecule has 0 radical (unpaired) electrons. The summed E-state index contributed by atoms with van der Waals surface area (Å²) in [5.41, 5.74) is 4.80. The van der Waals surface area contributed by atoms with Gasteiger partial charge in [-0.15, -0.1) is 0 Å². The second-order valence-corrected chi connectivity index (χ2v) is 7.38. The first-order valence-corrected chi connectivity index (χ1v) is 9.96. The molecule has 28 heavy (non-hydrogen) atoms. The Morgan fingerprint density at radius 3 is 1.86 bits per heavy atom. The number of hydrogen-bond acceptors (Lipinski definition) is 2. The van der Waals surface area contributed by atoms with Crippen molar-refractivity contribution in [2.75, 3.05) is 26.2 Å². The summed E-state index contributed by atoms with van der Waals surface area (Å²) in [6, 6.07) is 29.2. The quantitative estimate of drug-likeness (QED) is 0.671. The maximum Gasteiger partial charge on any atom is 0.227 e. The number of carbonyl (C=O) groups is 1. The summed E-state index contributed by atoms with van der Waals surface area (Å²) in [4.78, 5) is 17.1. The van der Waals surface area contributed by atoms with E-state index in [1.807, 2.05) is 29.2 Å². The molecule has 3 aromatic rings. The van der Waals surface area contributed by atoms with Crippen LogP contribution in [0.5, 0.6) is 0 Å². The molecule has 3 heteroatoms. The minimum atomic E-state index is 0.229. The smallest absolute Gasteiger partial charge is 0.227 e. The molecule has 3 nitrogen and oxygen atoms in total. The normalized spacial score (nSPS) is 14.8. The van der Waals surface area contributed by atoms with E-state index in [0.29, 0.717) is 6.42 Å². The van der Waals surface area contributed by atoms with E-state index < -0.39 is 0 Å². The first-order chi connectivity index (χ1) is 13.8. The molecule has 0 atom stereocenters. The number of amides is 1. The van der Waals surface area contributed by atoms with Crippen LogP contribution in [0.1, 0.15) is 11.1 Å². The fourth-order valence-electron chi connectivity index (χ4n) is 3.73. The average molecular weight is 370 g/mol. The van der Waals surface area contributed by atoms with E-state index in [2.05, 4.69) is 65.6 Å². The van der Waals surface area contributed by atoms with Crippen molar-refractivity contribution < 1.29 is 4.79 Å². The standard InChI is InChI=1S/C25H26N2O/c28-25(19-21-11-13-24(14-12-21)23-9-5-2-6-10-23)27-17-15-26(16-18-27)20-22-7-3-1-4-8-22/h1-14H,15-20H2. The van der Waals surface area contributed by atoms with Crippen molar-refractivity contribution in [1.29, 1.82) is 0 Å². The molecule has 0 bridgehead atoms. The van der Waals surface area contributed by atoms with E-state index in [1.54, 1.807) is 0 Å². The van der Waals surface area contributed by atoms with Crippen LogP contribution in [0.2, 0.25) is 0 Å². The molecule has 0 unspecified atom stereocenters. The van der Waals surface area contributed by atoms with Crippen LogP contribution in [0.4, 0.5) is 0 Å². The molecule has 0 saturated carbocycles. The molecular formula is C25H26N2O. The summed E-state index contributed by atoms with van der Waals surface area (Å²) in [6.07, 6.45) is 0.480. The number of benzene rings is 3. The monoisotopic (exact) mass is 370 g/mol. The fourth-order valence-corrected chi connectivity index (χ4v) is 3.73. The van der Waals surface area contributed by atoms with Crippen LogP contribution < -0.4 is 0 Å². The third-order valence-electron chi connectivity index (χ3n) is 5.39. The van der Waals surface area contributed by atoms with E-state index >= 15 is 0 Å². The van der Waals surface area contributed by atoms with Crippen LogP contribution in [0.15, 0.2) is 84.9 Å². The Balaban J connectivity index is 1.29. The van der Waals surface area contributed by atoms with Gasteiger partial charge in [-0.05, 0) is 22.3 Å². The zero-order chi connectivity index (χ0) is 19.2. The van der Waals surface area contributed by atoms with E-state index in [1.165, 1.54) is 16.7 Å². The highest BCUT2D eigenvalue weighted by Crippen LogP contribution is 2.20. The molecule has 1 heterocycles. The third kappa shape index (κ3) is 4.68. The zero-order valence-electron chi connectivity index (χ0n) is 16.1. The van der Waals surface area contributed by atoms with E-state index in [9.17, 15) is 4.79 Å². The molecule has 142 valence electrons. The third-order valence-corrected chi connectivity index (χ3v) is 5.39. The number of hydrogen-bond donors (Lipinski definition) is 0. The second-order valence-electron chi connectivity index (χ2n) is 7.38. The predicted molar refractivity (Wildman–Crippen MR) is 114 cm³/mol. The lowest BCUT2D eigenvalue weighted by Crippen LogP contribution is -2.48. The molecule has 1 amide bonds. The SMILES string of the molecule is O=C(Cc1ccc(-c2ccccc2)cc1)N1CCN(Cc2ccccc2)CC1. The Bertz CT molecular complexity index is 883. The summed E-state index contributed by atoms with van der Waals surface area (Å²) in [7, 11) is 0. The molecule has 1 aliphatic rings. The number of rotatable bonds is 5. The molecule has 1 aliphatic heterocycles. The van der Waals surface area contributed by atoms with Gasteiger partial charge in [0, 0.05) is 32.7 Å². The second kappa shape index (κ2) is 8.85. The van der Waals surface area contributed by atoms with Gasteiger partial charge < -0.3 is 4.90 Å². The molecule has 3 aromatic carbocycles. The highest BCUT2D eigenvalue weighted by atomic mass is 16.2. The van der Waals surface area contributed by atoms with Crippen LogP contribution in [0, 0.1) is 0 Å². The number of nitrogens with zero attached hydrogens (tertiary/aromatic N) is 2. The van der Waals surface area contributed by atoms with Gasteiger partial charge in [-0.25, -0.2) is 0 Å². The molecular weight excluding hydrogens is 344 g/mol. The first-order valence-electron chi connectivity index (χ1n) is 9.96. The Morgan fingerprint density at radius 1 is 0.643 bits per heavy atom. The Labute approximate surface area is 167 Å². The topological polar surface area (TPSA) is 23.6 Å². The van der Waals surface area contributed by atoms with Gasteiger partial charge in [0.2, 0.25) is 5.91 Å². The first kappa shape index (κ1) is 18.5.